The Morgan fingerprint density at radius 3 is 2.76 bits per heavy atom. The van der Waals surface area contributed by atoms with Crippen molar-refractivity contribution >= 4 is 12.6 Å². The van der Waals surface area contributed by atoms with E-state index in [-0.39, 0.29) is 0 Å². The largest absolute Gasteiger partial charge is 0.492 e. The number of aryl methyl sites for hydroxylation is 1. The smallest absolute Gasteiger partial charge is 0.488 e. The van der Waals surface area contributed by atoms with Gasteiger partial charge in [0.25, 0.3) is 0 Å². The van der Waals surface area contributed by atoms with Gasteiger partial charge in [0.1, 0.15) is 12.4 Å². The molecule has 0 spiro atoms. The molecule has 2 rings (SSSR count). The Bertz CT molecular complexity index is 598. The first kappa shape index (κ1) is 15.6. The first-order valence-electron chi connectivity index (χ1n) is 7.14. The van der Waals surface area contributed by atoms with Crippen LogP contribution in [-0.4, -0.2) is 26.9 Å². The molecule has 1 aromatic carbocycles. The summed E-state index contributed by atoms with van der Waals surface area (Å²) in [5, 5.41) is 23.2. The Kier molecular flexibility index (Phi) is 5.04. The summed E-state index contributed by atoms with van der Waals surface area (Å²) in [6.07, 6.45) is 2.95. The molecule has 0 saturated heterocycles. The fourth-order valence-electron chi connectivity index (χ4n) is 2.04. The second-order valence-corrected chi connectivity index (χ2v) is 5.25. The van der Waals surface area contributed by atoms with E-state index in [1.165, 1.54) is 0 Å². The maximum Gasteiger partial charge on any atom is 0.492 e. The maximum atomic E-state index is 9.39. The maximum absolute atomic E-state index is 9.39. The molecule has 1 heterocycles. The number of rotatable bonds is 6. The Morgan fingerprint density at radius 2 is 2.10 bits per heavy atom. The van der Waals surface area contributed by atoms with Crippen LogP contribution in [0.1, 0.15) is 37.6 Å². The molecule has 0 aliphatic rings. The van der Waals surface area contributed by atoms with Gasteiger partial charge in [-0.3, -0.25) is 4.68 Å². The van der Waals surface area contributed by atoms with Crippen LogP contribution in [0.2, 0.25) is 0 Å². The molecule has 21 heavy (non-hydrogen) atoms. The van der Waals surface area contributed by atoms with Crippen LogP contribution in [0.25, 0.3) is 0 Å². The highest BCUT2D eigenvalue weighted by Gasteiger charge is 2.17. The second kappa shape index (κ2) is 6.78. The molecule has 0 amide bonds. The summed E-state index contributed by atoms with van der Waals surface area (Å²) in [5.41, 5.74) is 2.14. The van der Waals surface area contributed by atoms with Crippen molar-refractivity contribution in [1.82, 2.24) is 9.78 Å². The van der Waals surface area contributed by atoms with Gasteiger partial charge in [0.15, 0.2) is 0 Å². The average molecular weight is 288 g/mol. The van der Waals surface area contributed by atoms with E-state index in [2.05, 4.69) is 18.9 Å². The van der Waals surface area contributed by atoms with Gasteiger partial charge >= 0.3 is 7.12 Å². The van der Waals surface area contributed by atoms with Crippen LogP contribution >= 0.6 is 0 Å². The lowest BCUT2D eigenvalue weighted by Gasteiger charge is -2.11. The fourth-order valence-corrected chi connectivity index (χ4v) is 2.04. The van der Waals surface area contributed by atoms with Gasteiger partial charge in [-0.15, -0.1) is 0 Å². The van der Waals surface area contributed by atoms with Crippen molar-refractivity contribution in [2.45, 2.75) is 39.8 Å². The lowest BCUT2D eigenvalue weighted by molar-refractivity contribution is 0.298. The third kappa shape index (κ3) is 3.86. The molecular weight excluding hydrogens is 267 g/mol. The summed E-state index contributed by atoms with van der Waals surface area (Å²) >= 11 is 0. The number of ether oxygens (including phenoxy) is 1. The summed E-state index contributed by atoms with van der Waals surface area (Å²) in [7, 11) is -1.54. The summed E-state index contributed by atoms with van der Waals surface area (Å²) in [5.74, 6) is 0.466. The van der Waals surface area contributed by atoms with Crippen molar-refractivity contribution in [3.63, 3.8) is 0 Å². The third-order valence-corrected chi connectivity index (χ3v) is 3.53. The first-order valence-corrected chi connectivity index (χ1v) is 7.14. The minimum absolute atomic E-state index is 0.298. The highest BCUT2D eigenvalue weighted by atomic mass is 16.5. The molecule has 0 radical (unpaired) electrons. The molecule has 0 aliphatic heterocycles. The van der Waals surface area contributed by atoms with Gasteiger partial charge in [-0.1, -0.05) is 24.6 Å². The average Bonchev–Trinajstić information content (AvgIpc) is 2.93. The van der Waals surface area contributed by atoms with Crippen molar-refractivity contribution in [1.29, 1.82) is 0 Å². The minimum atomic E-state index is -1.54. The molecule has 5 nitrogen and oxygen atoms in total. The monoisotopic (exact) mass is 288 g/mol. The van der Waals surface area contributed by atoms with Crippen LogP contribution in [0.3, 0.4) is 0 Å². The minimum Gasteiger partial charge on any atom is -0.488 e. The molecular formula is C15H21BN2O3. The van der Waals surface area contributed by atoms with Crippen molar-refractivity contribution in [2.75, 3.05) is 0 Å². The molecule has 2 N–H and O–H groups in total. The summed E-state index contributed by atoms with van der Waals surface area (Å²) in [4.78, 5) is 0. The highest BCUT2D eigenvalue weighted by Crippen LogP contribution is 2.13. The van der Waals surface area contributed by atoms with E-state index >= 15 is 0 Å². The van der Waals surface area contributed by atoms with Crippen LogP contribution < -0.4 is 10.2 Å². The number of nitrogens with zero attached hydrogens (tertiary/aromatic N) is 2. The Labute approximate surface area is 125 Å². The lowest BCUT2D eigenvalue weighted by atomic mass is 9.79. The predicted octanol–water partition coefficient (Wildman–Crippen LogP) is 1.42. The van der Waals surface area contributed by atoms with Gasteiger partial charge in [0, 0.05) is 17.7 Å². The summed E-state index contributed by atoms with van der Waals surface area (Å²) in [6.45, 7) is 6.41. The van der Waals surface area contributed by atoms with Crippen LogP contribution in [-0.2, 0) is 6.61 Å². The van der Waals surface area contributed by atoms with Crippen LogP contribution in [0.15, 0.2) is 30.5 Å². The molecule has 1 aromatic heterocycles. The van der Waals surface area contributed by atoms with Crippen LogP contribution in [0.5, 0.6) is 5.75 Å². The SMILES string of the molecule is CCC(C)n1ccc(COc2ccc(C)cc2B(O)O)n1. The van der Waals surface area contributed by atoms with Gasteiger partial charge < -0.3 is 14.8 Å². The van der Waals surface area contributed by atoms with Crippen molar-refractivity contribution < 1.29 is 14.8 Å². The zero-order valence-electron chi connectivity index (χ0n) is 12.7. The molecule has 6 heteroatoms. The van der Waals surface area contributed by atoms with E-state index in [9.17, 15) is 10.0 Å². The van der Waals surface area contributed by atoms with Crippen molar-refractivity contribution in [3.05, 3.63) is 41.7 Å². The molecule has 112 valence electrons. The van der Waals surface area contributed by atoms with E-state index in [4.69, 9.17) is 4.74 Å². The summed E-state index contributed by atoms with van der Waals surface area (Å²) in [6, 6.07) is 7.59. The zero-order valence-corrected chi connectivity index (χ0v) is 12.7. The van der Waals surface area contributed by atoms with Gasteiger partial charge in [-0.2, -0.15) is 5.10 Å². The standard InChI is InChI=1S/C15H21BN2O3/c1-4-12(3)18-8-7-13(17-18)10-21-15-6-5-11(2)9-14(15)16(19)20/h5-9,12,19-20H,4,10H2,1-3H3. The molecule has 2 aromatic rings. The van der Waals surface area contributed by atoms with Crippen LogP contribution in [0.4, 0.5) is 0 Å². The second-order valence-electron chi connectivity index (χ2n) is 5.25. The van der Waals surface area contributed by atoms with E-state index in [0.29, 0.717) is 23.9 Å². The van der Waals surface area contributed by atoms with Crippen molar-refractivity contribution in [2.24, 2.45) is 0 Å². The van der Waals surface area contributed by atoms with E-state index in [1.807, 2.05) is 29.9 Å². The van der Waals surface area contributed by atoms with Gasteiger partial charge in [0.2, 0.25) is 0 Å². The van der Waals surface area contributed by atoms with Crippen molar-refractivity contribution in [3.8, 4) is 5.75 Å². The van der Waals surface area contributed by atoms with E-state index in [0.717, 1.165) is 17.7 Å². The molecule has 0 fully saturated rings. The molecule has 1 unspecified atom stereocenters. The normalized spacial score (nSPS) is 12.2. The number of aromatic nitrogens is 2. The number of hydrogen-bond donors (Lipinski definition) is 2. The third-order valence-electron chi connectivity index (χ3n) is 3.53. The van der Waals surface area contributed by atoms with Gasteiger partial charge in [-0.05, 0) is 32.4 Å². The lowest BCUT2D eigenvalue weighted by Crippen LogP contribution is -2.31. The topological polar surface area (TPSA) is 67.5 Å². The highest BCUT2D eigenvalue weighted by molar-refractivity contribution is 6.59. The molecule has 1 atom stereocenters. The number of hydrogen-bond acceptors (Lipinski definition) is 4. The molecule has 0 bridgehead atoms. The Morgan fingerprint density at radius 1 is 1.33 bits per heavy atom. The fraction of sp³-hybridized carbons (Fsp3) is 0.400. The molecule has 0 saturated carbocycles. The van der Waals surface area contributed by atoms with E-state index in [1.54, 1.807) is 12.1 Å². The zero-order chi connectivity index (χ0) is 15.4. The van der Waals surface area contributed by atoms with E-state index < -0.39 is 7.12 Å². The summed E-state index contributed by atoms with van der Waals surface area (Å²) < 4.78 is 7.58. The molecule has 0 aliphatic carbocycles. The Hall–Kier alpha value is -1.79. The van der Waals surface area contributed by atoms with Gasteiger partial charge in [-0.25, -0.2) is 0 Å². The van der Waals surface area contributed by atoms with Gasteiger partial charge in [0.05, 0.1) is 5.69 Å². The number of benzene rings is 1. The predicted molar refractivity (Wildman–Crippen MR) is 82.6 cm³/mol. The van der Waals surface area contributed by atoms with Crippen LogP contribution in [0, 0.1) is 6.92 Å². The first-order chi connectivity index (χ1) is 10.0. The quantitative estimate of drug-likeness (QED) is 0.789. The Balaban J connectivity index is 2.08.